The molecule has 0 saturated carbocycles. The highest BCUT2D eigenvalue weighted by Gasteiger charge is 2.19. The number of ether oxygens (including phenoxy) is 1. The second-order valence-corrected chi connectivity index (χ2v) is 4.22. The lowest BCUT2D eigenvalue weighted by molar-refractivity contribution is -0.384. The summed E-state index contributed by atoms with van der Waals surface area (Å²) in [7, 11) is 1.21. The zero-order valence-corrected chi connectivity index (χ0v) is 11.4. The average Bonchev–Trinajstić information content (AvgIpc) is 3.00. The molecule has 0 radical (unpaired) electrons. The zero-order valence-electron chi connectivity index (χ0n) is 11.4. The predicted molar refractivity (Wildman–Crippen MR) is 72.9 cm³/mol. The lowest BCUT2D eigenvalue weighted by Crippen LogP contribution is -2.13. The Hall–Kier alpha value is -2.97. The van der Waals surface area contributed by atoms with Gasteiger partial charge in [0.1, 0.15) is 12.2 Å². The van der Waals surface area contributed by atoms with Crippen LogP contribution in [0.25, 0.3) is 0 Å². The highest BCUT2D eigenvalue weighted by molar-refractivity contribution is 5.96. The first-order valence-corrected chi connectivity index (χ1v) is 6.01. The molecule has 110 valence electrons. The van der Waals surface area contributed by atoms with E-state index in [2.05, 4.69) is 25.2 Å². The number of esters is 1. The minimum Gasteiger partial charge on any atom is -0.465 e. The third-order valence-corrected chi connectivity index (χ3v) is 2.84. The van der Waals surface area contributed by atoms with E-state index in [-0.39, 0.29) is 17.3 Å². The van der Waals surface area contributed by atoms with Crippen molar-refractivity contribution in [1.82, 2.24) is 15.2 Å². The van der Waals surface area contributed by atoms with Gasteiger partial charge in [-0.3, -0.25) is 15.2 Å². The molecule has 0 aliphatic rings. The molecule has 2 N–H and O–H groups in total. The third-order valence-electron chi connectivity index (χ3n) is 2.84. The van der Waals surface area contributed by atoms with Gasteiger partial charge in [0.2, 0.25) is 0 Å². The predicted octanol–water partition coefficient (Wildman–Crippen LogP) is 1.67. The molecule has 0 unspecified atom stereocenters. The van der Waals surface area contributed by atoms with Gasteiger partial charge in [0.15, 0.2) is 0 Å². The standard InChI is InChI=1S/C12H13N5O4/c1-7(11-13-6-14-16-11)15-10-4-3-8(17(19)20)5-9(10)12(18)21-2/h3-7,15H,1-2H3,(H,13,14,16)/t7-/m0/s1. The van der Waals surface area contributed by atoms with Crippen LogP contribution in [-0.2, 0) is 4.74 Å². The summed E-state index contributed by atoms with van der Waals surface area (Å²) in [5, 5.41) is 20.3. The van der Waals surface area contributed by atoms with Crippen LogP contribution in [-0.4, -0.2) is 33.2 Å². The van der Waals surface area contributed by atoms with Crippen molar-refractivity contribution in [3.63, 3.8) is 0 Å². The molecule has 0 aliphatic carbocycles. The van der Waals surface area contributed by atoms with E-state index in [9.17, 15) is 14.9 Å². The molecule has 0 bridgehead atoms. The number of nitro benzene ring substituents is 1. The quantitative estimate of drug-likeness (QED) is 0.488. The summed E-state index contributed by atoms with van der Waals surface area (Å²) in [6.45, 7) is 1.81. The van der Waals surface area contributed by atoms with Crippen molar-refractivity contribution >= 4 is 17.3 Å². The molecule has 0 aliphatic heterocycles. The first kappa shape index (κ1) is 14.4. The Morgan fingerprint density at radius 1 is 1.52 bits per heavy atom. The number of aromatic amines is 1. The Labute approximate surface area is 119 Å². The second-order valence-electron chi connectivity index (χ2n) is 4.22. The van der Waals surface area contributed by atoms with Crippen molar-refractivity contribution in [3.05, 3.63) is 46.0 Å². The van der Waals surface area contributed by atoms with Gasteiger partial charge in [-0.2, -0.15) is 5.10 Å². The lowest BCUT2D eigenvalue weighted by atomic mass is 10.1. The van der Waals surface area contributed by atoms with Gasteiger partial charge in [-0.1, -0.05) is 0 Å². The van der Waals surface area contributed by atoms with E-state index in [1.165, 1.54) is 31.6 Å². The minimum atomic E-state index is -0.661. The molecule has 2 rings (SSSR count). The molecule has 9 nitrogen and oxygen atoms in total. The van der Waals surface area contributed by atoms with E-state index in [0.717, 1.165) is 0 Å². The number of nitrogens with zero attached hydrogens (tertiary/aromatic N) is 3. The van der Waals surface area contributed by atoms with Gasteiger partial charge in [-0.05, 0) is 13.0 Å². The van der Waals surface area contributed by atoms with Crippen molar-refractivity contribution in [3.8, 4) is 0 Å². The van der Waals surface area contributed by atoms with Gasteiger partial charge in [0.25, 0.3) is 5.69 Å². The number of non-ortho nitro benzene ring substituents is 1. The third kappa shape index (κ3) is 3.14. The van der Waals surface area contributed by atoms with Crippen LogP contribution in [0.15, 0.2) is 24.5 Å². The number of carbonyl (C=O) groups is 1. The molecule has 9 heteroatoms. The molecule has 1 atom stereocenters. The van der Waals surface area contributed by atoms with Gasteiger partial charge in [0.05, 0.1) is 23.6 Å². The van der Waals surface area contributed by atoms with Gasteiger partial charge in [-0.25, -0.2) is 9.78 Å². The normalized spacial score (nSPS) is 11.7. The van der Waals surface area contributed by atoms with E-state index in [1.807, 2.05) is 6.92 Å². The summed E-state index contributed by atoms with van der Waals surface area (Å²) in [5.41, 5.74) is 0.308. The van der Waals surface area contributed by atoms with Crippen LogP contribution in [0.4, 0.5) is 11.4 Å². The summed E-state index contributed by atoms with van der Waals surface area (Å²) in [6.07, 6.45) is 1.37. The summed E-state index contributed by atoms with van der Waals surface area (Å²) in [6, 6.07) is 3.66. The SMILES string of the molecule is COC(=O)c1cc([N+](=O)[O-])ccc1N[C@@H](C)c1ncn[nH]1. The number of anilines is 1. The Balaban J connectivity index is 2.33. The fraction of sp³-hybridized carbons (Fsp3) is 0.250. The molecule has 1 heterocycles. The van der Waals surface area contributed by atoms with Crippen LogP contribution in [0.1, 0.15) is 29.1 Å². The van der Waals surface area contributed by atoms with Crippen molar-refractivity contribution in [2.24, 2.45) is 0 Å². The first-order chi connectivity index (χ1) is 10.0. The van der Waals surface area contributed by atoms with Crippen molar-refractivity contribution in [2.45, 2.75) is 13.0 Å². The Kier molecular flexibility index (Phi) is 4.12. The van der Waals surface area contributed by atoms with Crippen LogP contribution >= 0.6 is 0 Å². The number of methoxy groups -OCH3 is 1. The van der Waals surface area contributed by atoms with E-state index < -0.39 is 10.9 Å². The second kappa shape index (κ2) is 5.99. The van der Waals surface area contributed by atoms with E-state index >= 15 is 0 Å². The smallest absolute Gasteiger partial charge is 0.340 e. The molecular formula is C12H13N5O4. The van der Waals surface area contributed by atoms with Crippen LogP contribution in [0.5, 0.6) is 0 Å². The number of rotatable bonds is 5. The molecule has 1 aromatic carbocycles. The largest absolute Gasteiger partial charge is 0.465 e. The topological polar surface area (TPSA) is 123 Å². The van der Waals surface area contributed by atoms with Gasteiger partial charge in [-0.15, -0.1) is 0 Å². The van der Waals surface area contributed by atoms with E-state index in [4.69, 9.17) is 0 Å². The maximum atomic E-state index is 11.8. The van der Waals surface area contributed by atoms with Crippen molar-refractivity contribution in [2.75, 3.05) is 12.4 Å². The Morgan fingerprint density at radius 2 is 2.29 bits per heavy atom. The fourth-order valence-corrected chi connectivity index (χ4v) is 1.78. The minimum absolute atomic E-state index is 0.0815. The molecule has 0 fully saturated rings. The Bertz CT molecular complexity index is 656. The van der Waals surface area contributed by atoms with E-state index in [1.54, 1.807) is 0 Å². The fourth-order valence-electron chi connectivity index (χ4n) is 1.78. The number of aromatic nitrogens is 3. The van der Waals surface area contributed by atoms with Crippen molar-refractivity contribution < 1.29 is 14.5 Å². The van der Waals surface area contributed by atoms with Gasteiger partial charge >= 0.3 is 5.97 Å². The maximum absolute atomic E-state index is 11.8. The van der Waals surface area contributed by atoms with Gasteiger partial charge < -0.3 is 10.1 Å². The number of benzene rings is 1. The molecule has 21 heavy (non-hydrogen) atoms. The number of hydrogen-bond acceptors (Lipinski definition) is 7. The Morgan fingerprint density at radius 3 is 2.86 bits per heavy atom. The lowest BCUT2D eigenvalue weighted by Gasteiger charge is -2.15. The van der Waals surface area contributed by atoms with Crippen LogP contribution < -0.4 is 5.32 Å². The molecular weight excluding hydrogens is 278 g/mol. The molecule has 1 aromatic heterocycles. The number of carbonyl (C=O) groups excluding carboxylic acids is 1. The monoisotopic (exact) mass is 291 g/mol. The molecule has 0 spiro atoms. The maximum Gasteiger partial charge on any atom is 0.340 e. The zero-order chi connectivity index (χ0) is 15.4. The van der Waals surface area contributed by atoms with Crippen LogP contribution in [0.2, 0.25) is 0 Å². The number of hydrogen-bond donors (Lipinski definition) is 2. The summed E-state index contributed by atoms with van der Waals surface area (Å²) >= 11 is 0. The van der Waals surface area contributed by atoms with Gasteiger partial charge in [0, 0.05) is 17.8 Å². The summed E-state index contributed by atoms with van der Waals surface area (Å²) in [4.78, 5) is 26.0. The summed E-state index contributed by atoms with van der Waals surface area (Å²) in [5.74, 6) is -0.0878. The average molecular weight is 291 g/mol. The highest BCUT2D eigenvalue weighted by atomic mass is 16.6. The molecule has 0 amide bonds. The highest BCUT2D eigenvalue weighted by Crippen LogP contribution is 2.25. The first-order valence-electron chi connectivity index (χ1n) is 6.01. The number of nitro groups is 1. The van der Waals surface area contributed by atoms with E-state index in [0.29, 0.717) is 11.5 Å². The number of H-pyrrole nitrogens is 1. The number of nitrogens with one attached hydrogen (secondary N) is 2. The summed E-state index contributed by atoms with van der Waals surface area (Å²) < 4.78 is 4.65. The van der Waals surface area contributed by atoms with Crippen LogP contribution in [0, 0.1) is 10.1 Å². The van der Waals surface area contributed by atoms with Crippen LogP contribution in [0.3, 0.4) is 0 Å². The molecule has 0 saturated heterocycles. The van der Waals surface area contributed by atoms with Crippen molar-refractivity contribution in [1.29, 1.82) is 0 Å². The molecule has 2 aromatic rings.